The smallest absolute Gasteiger partial charge is 0.274 e. The molecule has 0 aliphatic carbocycles. The molecule has 13 nitrogen and oxygen atoms in total. The lowest BCUT2D eigenvalue weighted by Crippen LogP contribution is -2.44. The van der Waals surface area contributed by atoms with Crippen LogP contribution in [-0.4, -0.2) is 83.5 Å². The van der Waals surface area contributed by atoms with E-state index in [9.17, 15) is 14.4 Å². The summed E-state index contributed by atoms with van der Waals surface area (Å²) in [6, 6.07) is 12.8. The van der Waals surface area contributed by atoms with Gasteiger partial charge in [-0.25, -0.2) is 9.97 Å². The highest BCUT2D eigenvalue weighted by Crippen LogP contribution is 2.40. The molecule has 0 saturated carbocycles. The van der Waals surface area contributed by atoms with Crippen molar-refractivity contribution in [2.24, 2.45) is 0 Å². The Balaban J connectivity index is 1.15. The van der Waals surface area contributed by atoms with Gasteiger partial charge in [0.2, 0.25) is 17.7 Å². The number of hydrogen-bond acceptors (Lipinski definition) is 10. The number of carbonyl (C=O) groups is 3. The molecule has 5 heterocycles. The van der Waals surface area contributed by atoms with Crippen LogP contribution in [0.5, 0.6) is 11.6 Å². The number of likely N-dealkylation sites (tertiary alicyclic amines) is 1. The number of carbonyl (C=O) groups excluding carboxylic acids is 3. The molecule has 0 spiro atoms. The van der Waals surface area contributed by atoms with Crippen LogP contribution in [-0.2, 0) is 22.7 Å². The molecule has 3 aromatic heterocycles. The SMILES string of the molecule is COc1cnc(C(=O)Nc2cccc(-c3nccc(-c4ccc(CNC[C@@H]5CCC(=O)N5)c(OC)n4)c3Cl)c2Cl)cc1CNC1CCN(C(C)=O)CC1. The van der Waals surface area contributed by atoms with Gasteiger partial charge in [-0.1, -0.05) is 41.4 Å². The minimum atomic E-state index is -0.450. The summed E-state index contributed by atoms with van der Waals surface area (Å²) < 4.78 is 11.1. The number of hydrogen-bond donors (Lipinski definition) is 4. The summed E-state index contributed by atoms with van der Waals surface area (Å²) in [4.78, 5) is 52.2. The molecule has 1 aromatic carbocycles. The maximum atomic E-state index is 13.5. The van der Waals surface area contributed by atoms with Crippen molar-refractivity contribution in [2.45, 2.75) is 57.8 Å². The molecule has 0 unspecified atom stereocenters. The fourth-order valence-corrected chi connectivity index (χ4v) is 7.13. The average Bonchev–Trinajstić information content (AvgIpc) is 3.59. The standard InChI is InChI=1S/C38H42Cl2N8O5/c1-22(49)48-15-12-25(13-16-48)43-19-24-17-31(44-21-32(24)52-2)37(51)46-30-6-4-5-28(34(30)39)36-35(40)27(11-14-42-36)29-9-7-23(38(47-29)53-3)18-41-20-26-8-10-33(50)45-26/h4-7,9,11,14,17,21,25-26,41,43H,8,10,12-13,15-16,18-20H2,1-3H3,(H,45,50)(H,46,51)/t26-/m0/s1. The van der Waals surface area contributed by atoms with Crippen molar-refractivity contribution in [1.29, 1.82) is 0 Å². The molecule has 0 bridgehead atoms. The van der Waals surface area contributed by atoms with Crippen LogP contribution >= 0.6 is 23.2 Å². The molecular weight excluding hydrogens is 719 g/mol. The predicted octanol–water partition coefficient (Wildman–Crippen LogP) is 5.25. The first kappa shape index (κ1) is 37.9. The number of halogens is 2. The second kappa shape index (κ2) is 17.3. The van der Waals surface area contributed by atoms with Crippen LogP contribution in [0.25, 0.3) is 22.5 Å². The van der Waals surface area contributed by atoms with Crippen molar-refractivity contribution in [1.82, 2.24) is 35.8 Å². The third-order valence-corrected chi connectivity index (χ3v) is 10.3. The molecular formula is C38H42Cl2N8O5. The Kier molecular flexibility index (Phi) is 12.4. The summed E-state index contributed by atoms with van der Waals surface area (Å²) in [5, 5.41) is 13.3. The van der Waals surface area contributed by atoms with Crippen molar-refractivity contribution in [3.8, 4) is 34.1 Å². The van der Waals surface area contributed by atoms with Gasteiger partial charge in [0.25, 0.3) is 5.91 Å². The number of aromatic nitrogens is 3. The number of nitrogens with one attached hydrogen (secondary N) is 4. The highest BCUT2D eigenvalue weighted by Gasteiger charge is 2.23. The largest absolute Gasteiger partial charge is 0.495 e. The van der Waals surface area contributed by atoms with E-state index in [4.69, 9.17) is 37.7 Å². The zero-order valence-corrected chi connectivity index (χ0v) is 31.3. The number of pyridine rings is 3. The summed E-state index contributed by atoms with van der Waals surface area (Å²) in [5.41, 5.74) is 4.34. The molecule has 15 heteroatoms. The molecule has 2 saturated heterocycles. The van der Waals surface area contributed by atoms with Crippen LogP contribution < -0.4 is 30.7 Å². The van der Waals surface area contributed by atoms with Crippen LogP contribution in [0.3, 0.4) is 0 Å². The van der Waals surface area contributed by atoms with E-state index in [0.29, 0.717) is 84.0 Å². The lowest BCUT2D eigenvalue weighted by Gasteiger charge is -2.32. The molecule has 53 heavy (non-hydrogen) atoms. The monoisotopic (exact) mass is 760 g/mol. The van der Waals surface area contributed by atoms with Gasteiger partial charge in [-0.3, -0.25) is 19.4 Å². The second-order valence-electron chi connectivity index (χ2n) is 13.0. The van der Waals surface area contributed by atoms with Gasteiger partial charge in [0.15, 0.2) is 0 Å². The van der Waals surface area contributed by atoms with Gasteiger partial charge in [0.05, 0.1) is 47.5 Å². The van der Waals surface area contributed by atoms with Crippen LogP contribution in [0.2, 0.25) is 10.0 Å². The molecule has 2 aliphatic heterocycles. The third-order valence-electron chi connectivity index (χ3n) is 9.51. The van der Waals surface area contributed by atoms with E-state index in [1.807, 2.05) is 17.0 Å². The molecule has 4 aromatic rings. The predicted molar refractivity (Wildman–Crippen MR) is 203 cm³/mol. The minimum Gasteiger partial charge on any atom is -0.495 e. The van der Waals surface area contributed by atoms with Crippen LogP contribution in [0.4, 0.5) is 5.69 Å². The van der Waals surface area contributed by atoms with E-state index in [1.54, 1.807) is 57.7 Å². The number of rotatable bonds is 13. The minimum absolute atomic E-state index is 0.0797. The van der Waals surface area contributed by atoms with Crippen molar-refractivity contribution >= 4 is 46.6 Å². The summed E-state index contributed by atoms with van der Waals surface area (Å²) in [6.45, 7) is 4.64. The molecule has 278 valence electrons. The summed E-state index contributed by atoms with van der Waals surface area (Å²) in [7, 11) is 3.12. The number of methoxy groups -OCH3 is 2. The van der Waals surface area contributed by atoms with Gasteiger partial charge in [-0.05, 0) is 43.5 Å². The zero-order chi connectivity index (χ0) is 37.5. The molecule has 1 atom stereocenters. The summed E-state index contributed by atoms with van der Waals surface area (Å²) in [6.07, 6.45) is 6.21. The first-order chi connectivity index (χ1) is 25.6. The Labute approximate surface area is 318 Å². The topological polar surface area (TPSA) is 160 Å². The molecule has 0 radical (unpaired) electrons. The van der Waals surface area contributed by atoms with Gasteiger partial charge < -0.3 is 35.6 Å². The Bertz CT molecular complexity index is 1990. The molecule has 2 aliphatic rings. The Morgan fingerprint density at radius 2 is 1.77 bits per heavy atom. The van der Waals surface area contributed by atoms with E-state index in [2.05, 4.69) is 31.2 Å². The number of ether oxygens (including phenoxy) is 2. The van der Waals surface area contributed by atoms with Gasteiger partial charge >= 0.3 is 0 Å². The lowest BCUT2D eigenvalue weighted by molar-refractivity contribution is -0.130. The van der Waals surface area contributed by atoms with Crippen molar-refractivity contribution in [3.05, 3.63) is 81.7 Å². The van der Waals surface area contributed by atoms with Crippen molar-refractivity contribution < 1.29 is 23.9 Å². The summed E-state index contributed by atoms with van der Waals surface area (Å²) in [5.74, 6) is 0.728. The molecule has 3 amide bonds. The average molecular weight is 762 g/mol. The zero-order valence-electron chi connectivity index (χ0n) is 29.8. The first-order valence-electron chi connectivity index (χ1n) is 17.5. The molecule has 2 fully saturated rings. The van der Waals surface area contributed by atoms with Crippen molar-refractivity contribution in [3.63, 3.8) is 0 Å². The van der Waals surface area contributed by atoms with Gasteiger partial charge in [0.1, 0.15) is 11.4 Å². The number of benzene rings is 1. The fraction of sp³-hybridized carbons (Fsp3) is 0.368. The quantitative estimate of drug-likeness (QED) is 0.142. The van der Waals surface area contributed by atoms with Gasteiger partial charge in [-0.15, -0.1) is 0 Å². The van der Waals surface area contributed by atoms with E-state index >= 15 is 0 Å². The van der Waals surface area contributed by atoms with E-state index < -0.39 is 5.91 Å². The molecule has 4 N–H and O–H groups in total. The van der Waals surface area contributed by atoms with Crippen LogP contribution in [0, 0.1) is 0 Å². The first-order valence-corrected chi connectivity index (χ1v) is 18.2. The second-order valence-corrected chi connectivity index (χ2v) is 13.7. The summed E-state index contributed by atoms with van der Waals surface area (Å²) >= 11 is 13.9. The highest BCUT2D eigenvalue weighted by molar-refractivity contribution is 6.39. The van der Waals surface area contributed by atoms with Crippen LogP contribution in [0.15, 0.2) is 54.9 Å². The van der Waals surface area contributed by atoms with Gasteiger partial charge in [0, 0.05) is 86.6 Å². The number of nitrogens with zero attached hydrogens (tertiary/aromatic N) is 4. The normalized spacial score (nSPS) is 16.0. The fourth-order valence-electron chi connectivity index (χ4n) is 6.55. The number of piperidine rings is 1. The third kappa shape index (κ3) is 9.05. The Morgan fingerprint density at radius 3 is 2.49 bits per heavy atom. The highest BCUT2D eigenvalue weighted by atomic mass is 35.5. The lowest BCUT2D eigenvalue weighted by atomic mass is 10.0. The maximum absolute atomic E-state index is 13.5. The van der Waals surface area contributed by atoms with E-state index in [-0.39, 0.29) is 34.6 Å². The number of amides is 3. The Morgan fingerprint density at radius 1 is 0.962 bits per heavy atom. The maximum Gasteiger partial charge on any atom is 0.274 e. The van der Waals surface area contributed by atoms with E-state index in [1.165, 1.54) is 6.20 Å². The van der Waals surface area contributed by atoms with Crippen LogP contribution in [0.1, 0.15) is 54.2 Å². The molecule has 6 rings (SSSR count). The van der Waals surface area contributed by atoms with Gasteiger partial charge in [-0.2, -0.15) is 0 Å². The van der Waals surface area contributed by atoms with Crippen molar-refractivity contribution in [2.75, 3.05) is 39.2 Å². The number of anilines is 1. The Hall–Kier alpha value is -4.82. The van der Waals surface area contributed by atoms with E-state index in [0.717, 1.165) is 30.4 Å².